The van der Waals surface area contributed by atoms with Crippen LogP contribution >= 0.6 is 0 Å². The third-order valence-corrected chi connectivity index (χ3v) is 4.92. The number of para-hydroxylation sites is 1. The van der Waals surface area contributed by atoms with Gasteiger partial charge in [0.05, 0.1) is 12.1 Å². The Morgan fingerprint density at radius 3 is 2.50 bits per heavy atom. The Kier molecular flexibility index (Phi) is 4.89. The summed E-state index contributed by atoms with van der Waals surface area (Å²) in [6.45, 7) is 0.531. The molecule has 142 valence electrons. The summed E-state index contributed by atoms with van der Waals surface area (Å²) in [5.41, 5.74) is 1.84. The van der Waals surface area contributed by atoms with E-state index in [4.69, 9.17) is 14.6 Å². The number of rotatable bonds is 6. The molecule has 0 radical (unpaired) electrons. The highest BCUT2D eigenvalue weighted by molar-refractivity contribution is 5.88. The first-order valence-electron chi connectivity index (χ1n) is 9.23. The van der Waals surface area contributed by atoms with E-state index in [1.54, 1.807) is 4.57 Å². The van der Waals surface area contributed by atoms with Crippen molar-refractivity contribution < 1.29 is 19.4 Å². The van der Waals surface area contributed by atoms with Crippen molar-refractivity contribution in [2.24, 2.45) is 7.05 Å². The number of ether oxygens (including phenoxy) is 2. The maximum Gasteiger partial charge on any atom is 0.512 e. The molecule has 1 N–H and O–H groups in total. The molecule has 1 heterocycles. The van der Waals surface area contributed by atoms with Crippen molar-refractivity contribution in [1.29, 1.82) is 0 Å². The van der Waals surface area contributed by atoms with Gasteiger partial charge in [0.25, 0.3) is 0 Å². The molecule has 28 heavy (non-hydrogen) atoms. The summed E-state index contributed by atoms with van der Waals surface area (Å²) in [7, 11) is 1.82. The minimum absolute atomic E-state index is 0.374. The lowest BCUT2D eigenvalue weighted by Crippen LogP contribution is -2.08. The molecule has 0 fully saturated rings. The second-order valence-corrected chi connectivity index (χ2v) is 6.66. The zero-order valence-electron chi connectivity index (χ0n) is 15.6. The average molecular weight is 375 g/mol. The second kappa shape index (κ2) is 7.64. The molecular weight excluding hydrogens is 354 g/mol. The van der Waals surface area contributed by atoms with E-state index in [1.807, 2.05) is 61.6 Å². The third-order valence-electron chi connectivity index (χ3n) is 4.92. The molecule has 0 spiro atoms. The Balaban J connectivity index is 1.52. The van der Waals surface area contributed by atoms with Crippen molar-refractivity contribution in [3.8, 4) is 11.6 Å². The van der Waals surface area contributed by atoms with E-state index in [0.29, 0.717) is 18.9 Å². The molecule has 1 aromatic heterocycles. The van der Waals surface area contributed by atoms with E-state index in [2.05, 4.69) is 12.1 Å². The van der Waals surface area contributed by atoms with Gasteiger partial charge in [-0.25, -0.2) is 4.79 Å². The molecule has 0 unspecified atom stereocenters. The normalized spacial score (nSPS) is 11.0. The number of hydrogen-bond donors (Lipinski definition) is 1. The molecule has 3 aromatic carbocycles. The minimum atomic E-state index is -1.31. The predicted octanol–water partition coefficient (Wildman–Crippen LogP) is 5.40. The van der Waals surface area contributed by atoms with Gasteiger partial charge in [0.15, 0.2) is 0 Å². The number of benzene rings is 3. The summed E-state index contributed by atoms with van der Waals surface area (Å²) in [5, 5.41) is 12.3. The van der Waals surface area contributed by atoms with E-state index in [0.717, 1.165) is 39.4 Å². The van der Waals surface area contributed by atoms with Gasteiger partial charge in [-0.15, -0.1) is 0 Å². The number of aromatic nitrogens is 1. The highest BCUT2D eigenvalue weighted by Crippen LogP contribution is 2.32. The number of fused-ring (bicyclic) bond motifs is 2. The Bertz CT molecular complexity index is 1140. The van der Waals surface area contributed by atoms with Crippen molar-refractivity contribution in [2.75, 3.05) is 6.61 Å². The van der Waals surface area contributed by atoms with Crippen LogP contribution in [0.1, 0.15) is 12.0 Å². The molecular formula is C23H21NO4. The topological polar surface area (TPSA) is 60.7 Å². The van der Waals surface area contributed by atoms with Crippen molar-refractivity contribution in [3.63, 3.8) is 0 Å². The van der Waals surface area contributed by atoms with Gasteiger partial charge in [-0.05, 0) is 30.4 Å². The summed E-state index contributed by atoms with van der Waals surface area (Å²) >= 11 is 0. The summed E-state index contributed by atoms with van der Waals surface area (Å²) < 4.78 is 12.9. The summed E-state index contributed by atoms with van der Waals surface area (Å²) in [4.78, 5) is 11.1. The van der Waals surface area contributed by atoms with Gasteiger partial charge in [0, 0.05) is 23.4 Å². The highest BCUT2D eigenvalue weighted by atomic mass is 16.7. The number of carboxylic acid groups (broad SMARTS) is 1. The van der Waals surface area contributed by atoms with Crippen LogP contribution in [0, 0.1) is 0 Å². The van der Waals surface area contributed by atoms with Crippen LogP contribution in [-0.2, 0) is 13.5 Å². The fourth-order valence-corrected chi connectivity index (χ4v) is 3.66. The average Bonchev–Trinajstić information content (AvgIpc) is 2.97. The molecule has 0 aliphatic heterocycles. The molecule has 0 atom stereocenters. The van der Waals surface area contributed by atoms with Crippen LogP contribution in [0.25, 0.3) is 21.7 Å². The van der Waals surface area contributed by atoms with Gasteiger partial charge in [-0.1, -0.05) is 54.6 Å². The van der Waals surface area contributed by atoms with Crippen LogP contribution in [0.5, 0.6) is 11.6 Å². The first-order chi connectivity index (χ1) is 13.6. The van der Waals surface area contributed by atoms with Gasteiger partial charge in [-0.2, -0.15) is 0 Å². The largest absolute Gasteiger partial charge is 0.512 e. The summed E-state index contributed by atoms with van der Waals surface area (Å²) in [6.07, 6.45) is 0.0984. The third kappa shape index (κ3) is 3.39. The standard InChI is InChI=1S/C23H21NO4/c1-24-20-13-5-4-11-18(20)19(22(24)28-23(25)26)12-7-15-27-21-14-6-9-16-8-2-3-10-17(16)21/h2-6,8-11,13-14H,7,12,15H2,1H3,(H,25,26). The molecule has 0 saturated heterocycles. The van der Waals surface area contributed by atoms with Gasteiger partial charge in [0.1, 0.15) is 5.75 Å². The molecule has 0 amide bonds. The lowest BCUT2D eigenvalue weighted by atomic mass is 10.1. The fraction of sp³-hybridized carbons (Fsp3) is 0.174. The Morgan fingerprint density at radius 1 is 0.964 bits per heavy atom. The van der Waals surface area contributed by atoms with E-state index < -0.39 is 6.16 Å². The van der Waals surface area contributed by atoms with Gasteiger partial charge in [0.2, 0.25) is 5.88 Å². The smallest absolute Gasteiger partial charge is 0.493 e. The quantitative estimate of drug-likeness (QED) is 0.362. The first-order valence-corrected chi connectivity index (χ1v) is 9.23. The molecule has 4 rings (SSSR count). The predicted molar refractivity (Wildman–Crippen MR) is 109 cm³/mol. The van der Waals surface area contributed by atoms with Crippen LogP contribution in [0.4, 0.5) is 4.79 Å². The van der Waals surface area contributed by atoms with Crippen LogP contribution in [0.3, 0.4) is 0 Å². The number of hydrogen-bond acceptors (Lipinski definition) is 3. The van der Waals surface area contributed by atoms with Crippen LogP contribution in [0.15, 0.2) is 66.7 Å². The molecule has 0 saturated carbocycles. The lowest BCUT2D eigenvalue weighted by molar-refractivity contribution is 0.141. The van der Waals surface area contributed by atoms with Crippen LogP contribution < -0.4 is 9.47 Å². The van der Waals surface area contributed by atoms with E-state index in [9.17, 15) is 4.79 Å². The zero-order valence-corrected chi connectivity index (χ0v) is 15.6. The van der Waals surface area contributed by atoms with Crippen molar-refractivity contribution in [3.05, 3.63) is 72.3 Å². The van der Waals surface area contributed by atoms with Gasteiger partial charge >= 0.3 is 6.16 Å². The molecule has 4 aromatic rings. The maximum absolute atomic E-state index is 11.1. The van der Waals surface area contributed by atoms with Crippen LogP contribution in [0.2, 0.25) is 0 Å². The van der Waals surface area contributed by atoms with Gasteiger partial charge < -0.3 is 19.1 Å². The number of nitrogens with zero attached hydrogens (tertiary/aromatic N) is 1. The van der Waals surface area contributed by atoms with Crippen molar-refractivity contribution in [1.82, 2.24) is 4.57 Å². The Labute approximate surface area is 162 Å². The molecule has 0 aliphatic rings. The zero-order chi connectivity index (χ0) is 19.5. The molecule has 5 nitrogen and oxygen atoms in total. The van der Waals surface area contributed by atoms with Gasteiger partial charge in [-0.3, -0.25) is 0 Å². The summed E-state index contributed by atoms with van der Waals surface area (Å²) in [5.74, 6) is 1.23. The number of carbonyl (C=O) groups is 1. The summed E-state index contributed by atoms with van der Waals surface area (Å²) in [6, 6.07) is 22.0. The highest BCUT2D eigenvalue weighted by Gasteiger charge is 2.18. The SMILES string of the molecule is Cn1c(OC(=O)O)c(CCCOc2cccc3ccccc23)c2ccccc21. The van der Waals surface area contributed by atoms with E-state index in [-0.39, 0.29) is 0 Å². The molecule has 5 heteroatoms. The fourth-order valence-electron chi connectivity index (χ4n) is 3.66. The lowest BCUT2D eigenvalue weighted by Gasteiger charge is -2.10. The minimum Gasteiger partial charge on any atom is -0.493 e. The first kappa shape index (κ1) is 17.9. The van der Waals surface area contributed by atoms with Crippen molar-refractivity contribution >= 4 is 27.8 Å². The Hall–Kier alpha value is -3.47. The number of aryl methyl sites for hydroxylation is 2. The monoisotopic (exact) mass is 375 g/mol. The van der Waals surface area contributed by atoms with Crippen molar-refractivity contribution in [2.45, 2.75) is 12.8 Å². The van der Waals surface area contributed by atoms with E-state index in [1.165, 1.54) is 0 Å². The molecule has 0 aliphatic carbocycles. The molecule has 0 bridgehead atoms. The Morgan fingerprint density at radius 2 is 1.68 bits per heavy atom. The maximum atomic E-state index is 11.1. The van der Waals surface area contributed by atoms with Crippen LogP contribution in [-0.4, -0.2) is 22.4 Å². The van der Waals surface area contributed by atoms with E-state index >= 15 is 0 Å². The second-order valence-electron chi connectivity index (χ2n) is 6.66.